The molecule has 3 atom stereocenters. The normalized spacial score (nSPS) is 34.2. The van der Waals surface area contributed by atoms with Crippen LogP contribution >= 0.6 is 0 Å². The highest BCUT2D eigenvalue weighted by molar-refractivity contribution is 5.37. The minimum Gasteiger partial charge on any atom is -0.324 e. The van der Waals surface area contributed by atoms with Crippen molar-refractivity contribution in [2.75, 3.05) is 26.2 Å². The Hall–Kier alpha value is -0.900. The Balaban J connectivity index is 1.46. The third-order valence-corrected chi connectivity index (χ3v) is 5.77. The van der Waals surface area contributed by atoms with Crippen LogP contribution in [-0.4, -0.2) is 42.0 Å². The first-order valence-corrected chi connectivity index (χ1v) is 8.65. The second-order valence-corrected chi connectivity index (χ2v) is 7.02. The van der Waals surface area contributed by atoms with Gasteiger partial charge in [0, 0.05) is 31.2 Å². The van der Waals surface area contributed by atoms with E-state index in [1.54, 1.807) is 0 Å². The predicted molar refractivity (Wildman–Crippen MR) is 86.1 cm³/mol. The number of likely N-dealkylation sites (tertiary alicyclic amines) is 2. The zero-order chi connectivity index (χ0) is 14.2. The minimum atomic E-state index is 0.236. The van der Waals surface area contributed by atoms with Gasteiger partial charge in [-0.25, -0.2) is 0 Å². The summed E-state index contributed by atoms with van der Waals surface area (Å²) in [5, 5.41) is 0. The van der Waals surface area contributed by atoms with Crippen LogP contribution in [0.25, 0.3) is 0 Å². The molecule has 3 aliphatic rings. The molecule has 2 aliphatic heterocycles. The van der Waals surface area contributed by atoms with E-state index < -0.39 is 0 Å². The number of hydrogen-bond acceptors (Lipinski definition) is 3. The number of nitrogens with two attached hydrogens (primary N) is 1. The number of hydrogen-bond donors (Lipinski definition) is 1. The lowest BCUT2D eigenvalue weighted by atomic mass is 10.1. The molecule has 1 aliphatic carbocycles. The molecule has 2 heterocycles. The third kappa shape index (κ3) is 2.52. The summed E-state index contributed by atoms with van der Waals surface area (Å²) in [6.07, 6.45) is 6.67. The lowest BCUT2D eigenvalue weighted by molar-refractivity contribution is 0.151. The highest BCUT2D eigenvalue weighted by Gasteiger charge is 2.37. The lowest BCUT2D eigenvalue weighted by Gasteiger charge is -2.33. The van der Waals surface area contributed by atoms with E-state index in [1.807, 2.05) is 0 Å². The molecule has 114 valence electrons. The van der Waals surface area contributed by atoms with Crippen LogP contribution in [-0.2, 0) is 0 Å². The Kier molecular flexibility index (Phi) is 3.74. The maximum absolute atomic E-state index is 6.34. The summed E-state index contributed by atoms with van der Waals surface area (Å²) in [7, 11) is 0. The average molecular weight is 285 g/mol. The van der Waals surface area contributed by atoms with Crippen LogP contribution in [0.4, 0.5) is 0 Å². The maximum atomic E-state index is 6.34. The Morgan fingerprint density at radius 2 is 1.67 bits per heavy atom. The van der Waals surface area contributed by atoms with Crippen LogP contribution in [0.3, 0.4) is 0 Å². The SMILES string of the molecule is NC1CC(N2CCC(N3CCCCC3)C2)c2ccccc21. The second kappa shape index (κ2) is 5.71. The topological polar surface area (TPSA) is 32.5 Å². The molecule has 4 rings (SSSR count). The molecule has 0 radical (unpaired) electrons. The first-order chi connectivity index (χ1) is 10.3. The molecule has 1 aromatic carbocycles. The van der Waals surface area contributed by atoms with E-state index in [0.717, 1.165) is 12.5 Å². The van der Waals surface area contributed by atoms with E-state index in [1.165, 1.54) is 63.0 Å². The van der Waals surface area contributed by atoms with Gasteiger partial charge in [0.2, 0.25) is 0 Å². The van der Waals surface area contributed by atoms with Crippen LogP contribution in [0, 0.1) is 0 Å². The molecule has 3 heteroatoms. The summed E-state index contributed by atoms with van der Waals surface area (Å²) in [5.41, 5.74) is 9.21. The molecule has 2 saturated heterocycles. The van der Waals surface area contributed by atoms with Crippen molar-refractivity contribution in [3.63, 3.8) is 0 Å². The van der Waals surface area contributed by atoms with Crippen LogP contribution in [0.5, 0.6) is 0 Å². The van der Waals surface area contributed by atoms with Gasteiger partial charge in [0.25, 0.3) is 0 Å². The molecule has 2 fully saturated rings. The number of nitrogens with zero attached hydrogens (tertiary/aromatic N) is 2. The summed E-state index contributed by atoms with van der Waals surface area (Å²) in [4.78, 5) is 5.44. The Morgan fingerprint density at radius 1 is 0.905 bits per heavy atom. The fourth-order valence-electron chi connectivity index (χ4n) is 4.63. The highest BCUT2D eigenvalue weighted by atomic mass is 15.3. The van der Waals surface area contributed by atoms with Crippen molar-refractivity contribution in [2.45, 2.75) is 50.2 Å². The zero-order valence-corrected chi connectivity index (χ0v) is 12.9. The van der Waals surface area contributed by atoms with Gasteiger partial charge in [0.15, 0.2) is 0 Å². The standard InChI is InChI=1S/C18H27N3/c19-17-12-18(16-7-3-2-6-15(16)17)21-11-8-14(13-21)20-9-4-1-5-10-20/h2-3,6-7,14,17-18H,1,4-5,8-13,19H2. The molecule has 2 N–H and O–H groups in total. The third-order valence-electron chi connectivity index (χ3n) is 5.77. The van der Waals surface area contributed by atoms with Gasteiger partial charge in [-0.05, 0) is 49.9 Å². The number of benzene rings is 1. The van der Waals surface area contributed by atoms with Gasteiger partial charge in [0.1, 0.15) is 0 Å². The maximum Gasteiger partial charge on any atom is 0.0370 e. The van der Waals surface area contributed by atoms with E-state index in [2.05, 4.69) is 34.1 Å². The first kappa shape index (κ1) is 13.7. The summed E-state index contributed by atoms with van der Waals surface area (Å²) < 4.78 is 0. The molecule has 0 amide bonds. The van der Waals surface area contributed by atoms with Gasteiger partial charge >= 0.3 is 0 Å². The predicted octanol–water partition coefficient (Wildman–Crippen LogP) is 2.69. The van der Waals surface area contributed by atoms with E-state index in [4.69, 9.17) is 5.73 Å². The van der Waals surface area contributed by atoms with Crippen LogP contribution in [0.1, 0.15) is 55.3 Å². The first-order valence-electron chi connectivity index (χ1n) is 8.65. The summed E-state index contributed by atoms with van der Waals surface area (Å²) in [5.74, 6) is 0. The average Bonchev–Trinajstić information content (AvgIpc) is 3.14. The van der Waals surface area contributed by atoms with E-state index in [-0.39, 0.29) is 6.04 Å². The summed E-state index contributed by atoms with van der Waals surface area (Å²) >= 11 is 0. The van der Waals surface area contributed by atoms with Gasteiger partial charge in [-0.2, -0.15) is 0 Å². The van der Waals surface area contributed by atoms with Crippen molar-refractivity contribution < 1.29 is 0 Å². The quantitative estimate of drug-likeness (QED) is 0.907. The van der Waals surface area contributed by atoms with E-state index >= 15 is 0 Å². The number of piperidine rings is 1. The van der Waals surface area contributed by atoms with Gasteiger partial charge < -0.3 is 5.73 Å². The molecular weight excluding hydrogens is 258 g/mol. The molecule has 0 bridgehead atoms. The van der Waals surface area contributed by atoms with E-state index in [9.17, 15) is 0 Å². The van der Waals surface area contributed by atoms with Crippen molar-refractivity contribution in [3.8, 4) is 0 Å². The molecule has 3 unspecified atom stereocenters. The van der Waals surface area contributed by atoms with Crippen LogP contribution < -0.4 is 5.73 Å². The molecule has 21 heavy (non-hydrogen) atoms. The zero-order valence-electron chi connectivity index (χ0n) is 12.9. The van der Waals surface area contributed by atoms with Crippen molar-refractivity contribution in [3.05, 3.63) is 35.4 Å². The van der Waals surface area contributed by atoms with Crippen LogP contribution in [0.2, 0.25) is 0 Å². The van der Waals surface area contributed by atoms with Crippen LogP contribution in [0.15, 0.2) is 24.3 Å². The highest BCUT2D eigenvalue weighted by Crippen LogP contribution is 2.42. The minimum absolute atomic E-state index is 0.236. The summed E-state index contributed by atoms with van der Waals surface area (Å²) in [6.45, 7) is 5.12. The molecular formula is C18H27N3. The fraction of sp³-hybridized carbons (Fsp3) is 0.667. The number of fused-ring (bicyclic) bond motifs is 1. The molecule has 3 nitrogen and oxygen atoms in total. The van der Waals surface area contributed by atoms with Gasteiger partial charge in [-0.3, -0.25) is 9.80 Å². The Bertz CT molecular complexity index is 495. The van der Waals surface area contributed by atoms with Gasteiger partial charge in [-0.1, -0.05) is 30.7 Å². The largest absolute Gasteiger partial charge is 0.324 e. The molecule has 0 aromatic heterocycles. The number of rotatable bonds is 2. The smallest absolute Gasteiger partial charge is 0.0370 e. The van der Waals surface area contributed by atoms with Crippen molar-refractivity contribution in [1.82, 2.24) is 9.80 Å². The van der Waals surface area contributed by atoms with Gasteiger partial charge in [0.05, 0.1) is 0 Å². The lowest BCUT2D eigenvalue weighted by Crippen LogP contribution is -2.41. The van der Waals surface area contributed by atoms with Gasteiger partial charge in [-0.15, -0.1) is 0 Å². The van der Waals surface area contributed by atoms with Crippen molar-refractivity contribution in [2.24, 2.45) is 5.73 Å². The monoisotopic (exact) mass is 285 g/mol. The molecule has 0 spiro atoms. The summed E-state index contributed by atoms with van der Waals surface area (Å²) in [6, 6.07) is 10.4. The second-order valence-electron chi connectivity index (χ2n) is 7.02. The Labute approximate surface area is 128 Å². The fourth-order valence-corrected chi connectivity index (χ4v) is 4.63. The Morgan fingerprint density at radius 3 is 2.48 bits per heavy atom. The molecule has 1 aromatic rings. The van der Waals surface area contributed by atoms with Crippen molar-refractivity contribution in [1.29, 1.82) is 0 Å². The van der Waals surface area contributed by atoms with Crippen molar-refractivity contribution >= 4 is 0 Å². The molecule has 0 saturated carbocycles. The van der Waals surface area contributed by atoms with E-state index in [0.29, 0.717) is 6.04 Å².